The normalized spacial score (nSPS) is 14.2. The van der Waals surface area contributed by atoms with E-state index in [0.717, 1.165) is 11.1 Å². The molecule has 26 heavy (non-hydrogen) atoms. The molecule has 1 aliphatic heterocycles. The molecule has 0 atom stereocenters. The third-order valence-corrected chi connectivity index (χ3v) is 4.53. The van der Waals surface area contributed by atoms with Crippen LogP contribution in [-0.2, 0) is 6.54 Å². The van der Waals surface area contributed by atoms with Crippen molar-refractivity contribution in [3.8, 4) is 5.75 Å². The molecule has 1 aromatic heterocycles. The average molecular weight is 357 g/mol. The maximum Gasteiger partial charge on any atom is 0.317 e. The molecule has 0 unspecified atom stereocenters. The second-order valence-electron chi connectivity index (χ2n) is 6.25. The Morgan fingerprint density at radius 1 is 1.15 bits per heavy atom. The number of rotatable bonds is 4. The zero-order chi connectivity index (χ0) is 18.5. The smallest absolute Gasteiger partial charge is 0.317 e. The number of carbonyl (C=O) groups is 2. The van der Waals surface area contributed by atoms with E-state index in [9.17, 15) is 9.59 Å². The minimum absolute atomic E-state index is 0.0400. The highest BCUT2D eigenvalue weighted by Crippen LogP contribution is 2.20. The van der Waals surface area contributed by atoms with Crippen molar-refractivity contribution in [2.45, 2.75) is 13.5 Å². The van der Waals surface area contributed by atoms with E-state index in [1.807, 2.05) is 25.1 Å². The Balaban J connectivity index is 1.52. The molecule has 2 heterocycles. The first kappa shape index (κ1) is 17.8. The Bertz CT molecular complexity index is 765. The van der Waals surface area contributed by atoms with Gasteiger partial charge < -0.3 is 24.3 Å². The first-order chi connectivity index (χ1) is 12.6. The van der Waals surface area contributed by atoms with Gasteiger partial charge in [-0.1, -0.05) is 6.07 Å². The van der Waals surface area contributed by atoms with Crippen molar-refractivity contribution in [1.82, 2.24) is 15.1 Å². The second-order valence-corrected chi connectivity index (χ2v) is 6.25. The van der Waals surface area contributed by atoms with Crippen molar-refractivity contribution in [1.29, 1.82) is 0 Å². The largest absolute Gasteiger partial charge is 0.496 e. The maximum atomic E-state index is 12.7. The molecule has 0 radical (unpaired) electrons. The van der Waals surface area contributed by atoms with Crippen LogP contribution in [0.25, 0.3) is 0 Å². The lowest BCUT2D eigenvalue weighted by Gasteiger charge is -2.34. The number of hydrogen-bond donors (Lipinski definition) is 1. The summed E-state index contributed by atoms with van der Waals surface area (Å²) < 4.78 is 10.3. The third kappa shape index (κ3) is 3.99. The van der Waals surface area contributed by atoms with Gasteiger partial charge in [0.05, 0.1) is 19.6 Å². The van der Waals surface area contributed by atoms with Gasteiger partial charge in [-0.2, -0.15) is 0 Å². The van der Waals surface area contributed by atoms with Gasteiger partial charge in [-0.15, -0.1) is 0 Å². The first-order valence-electron chi connectivity index (χ1n) is 8.56. The number of amides is 3. The molecule has 138 valence electrons. The number of furan rings is 1. The molecule has 7 heteroatoms. The van der Waals surface area contributed by atoms with Crippen LogP contribution < -0.4 is 10.1 Å². The molecule has 3 rings (SSSR count). The van der Waals surface area contributed by atoms with E-state index < -0.39 is 0 Å². The van der Waals surface area contributed by atoms with Crippen LogP contribution in [0.2, 0.25) is 0 Å². The van der Waals surface area contributed by atoms with Gasteiger partial charge in [0.25, 0.3) is 5.91 Å². The lowest BCUT2D eigenvalue weighted by atomic mass is 10.1. The van der Waals surface area contributed by atoms with Crippen LogP contribution in [0, 0.1) is 6.92 Å². The minimum Gasteiger partial charge on any atom is -0.496 e. The highest BCUT2D eigenvalue weighted by molar-refractivity contribution is 5.95. The molecular weight excluding hydrogens is 334 g/mol. The van der Waals surface area contributed by atoms with Gasteiger partial charge in [0.1, 0.15) is 5.75 Å². The van der Waals surface area contributed by atoms with Crippen LogP contribution in [0.5, 0.6) is 5.75 Å². The number of hydrogen-bond acceptors (Lipinski definition) is 4. The number of piperazine rings is 1. The number of nitrogens with one attached hydrogen (secondary N) is 1. The Hall–Kier alpha value is -2.96. The van der Waals surface area contributed by atoms with Crippen LogP contribution in [0.3, 0.4) is 0 Å². The van der Waals surface area contributed by atoms with E-state index in [0.29, 0.717) is 44.0 Å². The zero-order valence-corrected chi connectivity index (χ0v) is 15.0. The van der Waals surface area contributed by atoms with Gasteiger partial charge in [0.15, 0.2) is 0 Å². The molecule has 7 nitrogen and oxygen atoms in total. The van der Waals surface area contributed by atoms with E-state index in [1.165, 1.54) is 0 Å². The Kier molecular flexibility index (Phi) is 5.46. The van der Waals surface area contributed by atoms with Crippen molar-refractivity contribution in [3.05, 3.63) is 53.5 Å². The van der Waals surface area contributed by atoms with E-state index in [-0.39, 0.29) is 11.9 Å². The molecule has 1 saturated heterocycles. The Morgan fingerprint density at radius 2 is 1.88 bits per heavy atom. The number of aryl methyl sites for hydroxylation is 1. The number of methoxy groups -OCH3 is 1. The molecule has 0 saturated carbocycles. The van der Waals surface area contributed by atoms with Crippen molar-refractivity contribution in [2.24, 2.45) is 0 Å². The predicted octanol–water partition coefficient (Wildman–Crippen LogP) is 2.26. The second kappa shape index (κ2) is 7.95. The van der Waals surface area contributed by atoms with E-state index >= 15 is 0 Å². The number of urea groups is 1. The highest BCUT2D eigenvalue weighted by atomic mass is 16.5. The van der Waals surface area contributed by atoms with Crippen LogP contribution in [-0.4, -0.2) is 55.0 Å². The van der Waals surface area contributed by atoms with Crippen LogP contribution >= 0.6 is 0 Å². The van der Waals surface area contributed by atoms with Gasteiger partial charge >= 0.3 is 6.03 Å². The summed E-state index contributed by atoms with van der Waals surface area (Å²) in [4.78, 5) is 28.4. The summed E-state index contributed by atoms with van der Waals surface area (Å²) in [5, 5.41) is 2.86. The molecule has 1 aromatic carbocycles. The van der Waals surface area contributed by atoms with Crippen LogP contribution in [0.1, 0.15) is 21.5 Å². The van der Waals surface area contributed by atoms with Crippen molar-refractivity contribution in [3.63, 3.8) is 0 Å². The summed E-state index contributed by atoms with van der Waals surface area (Å²) >= 11 is 0. The molecule has 0 spiro atoms. The zero-order valence-electron chi connectivity index (χ0n) is 15.0. The summed E-state index contributed by atoms with van der Waals surface area (Å²) in [6, 6.07) is 7.14. The first-order valence-corrected chi connectivity index (χ1v) is 8.56. The van der Waals surface area contributed by atoms with Crippen molar-refractivity contribution < 1.29 is 18.7 Å². The lowest BCUT2D eigenvalue weighted by Crippen LogP contribution is -2.53. The van der Waals surface area contributed by atoms with Gasteiger partial charge in [-0.25, -0.2) is 4.79 Å². The van der Waals surface area contributed by atoms with E-state index in [4.69, 9.17) is 9.15 Å². The fourth-order valence-electron chi connectivity index (χ4n) is 2.93. The standard InChI is InChI=1S/C19H23N3O4/c1-14-3-4-16(11-17(14)25-2)18(23)21-6-8-22(9-7-21)19(24)20-12-15-5-10-26-13-15/h3-5,10-11,13H,6-9,12H2,1-2H3,(H,20,24). The minimum atomic E-state index is -0.129. The number of carbonyl (C=O) groups excluding carboxylic acids is 2. The topological polar surface area (TPSA) is 75.0 Å². The summed E-state index contributed by atoms with van der Waals surface area (Å²) in [5.74, 6) is 0.662. The van der Waals surface area contributed by atoms with E-state index in [2.05, 4.69) is 5.32 Å². The molecule has 1 N–H and O–H groups in total. The van der Waals surface area contributed by atoms with Crippen molar-refractivity contribution in [2.75, 3.05) is 33.3 Å². The lowest BCUT2D eigenvalue weighted by molar-refractivity contribution is 0.0664. The molecule has 1 fully saturated rings. The van der Waals surface area contributed by atoms with Crippen LogP contribution in [0.4, 0.5) is 4.79 Å². The van der Waals surface area contributed by atoms with Crippen LogP contribution in [0.15, 0.2) is 41.2 Å². The number of nitrogens with zero attached hydrogens (tertiary/aromatic N) is 2. The highest BCUT2D eigenvalue weighted by Gasteiger charge is 2.25. The van der Waals surface area contributed by atoms with Gasteiger partial charge in [0.2, 0.25) is 0 Å². The predicted molar refractivity (Wildman–Crippen MR) is 96.2 cm³/mol. The Morgan fingerprint density at radius 3 is 2.54 bits per heavy atom. The SMILES string of the molecule is COc1cc(C(=O)N2CCN(C(=O)NCc3ccoc3)CC2)ccc1C. The molecule has 1 aliphatic rings. The monoisotopic (exact) mass is 357 g/mol. The summed E-state index contributed by atoms with van der Waals surface area (Å²) in [6.45, 7) is 4.39. The maximum absolute atomic E-state index is 12.7. The Labute approximate surface area is 152 Å². The van der Waals surface area contributed by atoms with Gasteiger partial charge in [0, 0.05) is 43.9 Å². The third-order valence-electron chi connectivity index (χ3n) is 4.53. The van der Waals surface area contributed by atoms with Gasteiger partial charge in [-0.05, 0) is 30.7 Å². The molecular formula is C19H23N3O4. The van der Waals surface area contributed by atoms with E-state index in [1.54, 1.807) is 35.5 Å². The van der Waals surface area contributed by atoms with Gasteiger partial charge in [-0.3, -0.25) is 4.79 Å². The fraction of sp³-hybridized carbons (Fsp3) is 0.368. The summed E-state index contributed by atoms with van der Waals surface area (Å²) in [7, 11) is 1.59. The summed E-state index contributed by atoms with van der Waals surface area (Å²) in [6.07, 6.45) is 3.18. The average Bonchev–Trinajstić information content (AvgIpc) is 3.19. The van der Waals surface area contributed by atoms with Crippen molar-refractivity contribution >= 4 is 11.9 Å². The summed E-state index contributed by atoms with van der Waals surface area (Å²) in [5.41, 5.74) is 2.51. The molecule has 0 aliphatic carbocycles. The quantitative estimate of drug-likeness (QED) is 0.911. The molecule has 0 bridgehead atoms. The molecule has 3 amide bonds. The molecule has 2 aromatic rings. The fourth-order valence-corrected chi connectivity index (χ4v) is 2.93. The number of benzene rings is 1. The number of ether oxygens (including phenoxy) is 1.